The number of carbonyl (C=O) groups is 1. The molecular weight excluding hydrogens is 308 g/mol. The smallest absolute Gasteiger partial charge is 0.239 e. The molecule has 7 heteroatoms. The van der Waals surface area contributed by atoms with E-state index < -0.39 is 0 Å². The van der Waals surface area contributed by atoms with Crippen LogP contribution in [0.25, 0.3) is 0 Å². The van der Waals surface area contributed by atoms with Crippen molar-refractivity contribution in [2.24, 2.45) is 4.99 Å². The van der Waals surface area contributed by atoms with Crippen LogP contribution in [0.1, 0.15) is 5.56 Å². The fourth-order valence-corrected chi connectivity index (χ4v) is 2.02. The number of methoxy groups -OCH3 is 1. The fourth-order valence-electron chi connectivity index (χ4n) is 2.02. The van der Waals surface area contributed by atoms with Crippen LogP contribution in [0.4, 0.5) is 0 Å². The number of hydrogen-bond acceptors (Lipinski definition) is 4. The second kappa shape index (κ2) is 11.3. The minimum atomic E-state index is -0.0993. The molecule has 1 rings (SSSR count). The summed E-state index contributed by atoms with van der Waals surface area (Å²) in [5.74, 6) is 1.43. The van der Waals surface area contributed by atoms with Crippen LogP contribution in [0.15, 0.2) is 29.3 Å². The predicted molar refractivity (Wildman–Crippen MR) is 95.6 cm³/mol. The number of guanidine groups is 1. The molecule has 0 spiro atoms. The molecule has 0 saturated carbocycles. The molecule has 0 saturated heterocycles. The molecule has 0 unspecified atom stereocenters. The third-order valence-corrected chi connectivity index (χ3v) is 3.39. The van der Waals surface area contributed by atoms with E-state index in [9.17, 15) is 4.79 Å². The van der Waals surface area contributed by atoms with Crippen LogP contribution in [0.3, 0.4) is 0 Å². The normalized spacial score (nSPS) is 11.1. The number of amides is 1. The zero-order valence-corrected chi connectivity index (χ0v) is 15.0. The highest BCUT2D eigenvalue weighted by atomic mass is 16.5. The Kier molecular flexibility index (Phi) is 9.29. The van der Waals surface area contributed by atoms with Crippen LogP contribution in [0, 0.1) is 6.92 Å². The van der Waals surface area contributed by atoms with Crippen molar-refractivity contribution in [3.8, 4) is 5.75 Å². The third kappa shape index (κ3) is 7.32. The van der Waals surface area contributed by atoms with E-state index >= 15 is 0 Å². The average Bonchev–Trinajstić information content (AvgIpc) is 2.57. The van der Waals surface area contributed by atoms with E-state index in [1.807, 2.05) is 43.1 Å². The monoisotopic (exact) mass is 336 g/mol. The van der Waals surface area contributed by atoms with Gasteiger partial charge in [0.15, 0.2) is 5.96 Å². The van der Waals surface area contributed by atoms with Crippen LogP contribution < -0.4 is 15.4 Å². The van der Waals surface area contributed by atoms with E-state index in [1.54, 1.807) is 14.2 Å². The molecule has 0 aromatic heterocycles. The summed E-state index contributed by atoms with van der Waals surface area (Å²) in [4.78, 5) is 17.8. The number of rotatable bonds is 9. The summed E-state index contributed by atoms with van der Waals surface area (Å²) in [5.41, 5.74) is 1.11. The Morgan fingerprint density at radius 2 is 2.00 bits per heavy atom. The van der Waals surface area contributed by atoms with Gasteiger partial charge in [-0.1, -0.05) is 18.2 Å². The van der Waals surface area contributed by atoms with Gasteiger partial charge in [-0.05, 0) is 18.6 Å². The largest absolute Gasteiger partial charge is 0.491 e. The van der Waals surface area contributed by atoms with Crippen LogP contribution in [-0.4, -0.2) is 70.8 Å². The number of aryl methyl sites for hydroxylation is 1. The predicted octanol–water partition coefficient (Wildman–Crippen LogP) is 0.644. The maximum atomic E-state index is 11.7. The minimum absolute atomic E-state index is 0.0993. The number of nitrogens with one attached hydrogen (secondary N) is 2. The van der Waals surface area contributed by atoms with Crippen LogP contribution in [0.2, 0.25) is 0 Å². The van der Waals surface area contributed by atoms with Crippen LogP contribution in [0.5, 0.6) is 5.75 Å². The Bertz CT molecular complexity index is 534. The molecule has 0 aliphatic rings. The van der Waals surface area contributed by atoms with Crippen LogP contribution >= 0.6 is 0 Å². The van der Waals surface area contributed by atoms with Gasteiger partial charge in [0, 0.05) is 27.7 Å². The second-order valence-corrected chi connectivity index (χ2v) is 5.28. The van der Waals surface area contributed by atoms with Crippen molar-refractivity contribution in [2.45, 2.75) is 6.92 Å². The van der Waals surface area contributed by atoms with Gasteiger partial charge in [0.25, 0.3) is 0 Å². The molecule has 0 atom stereocenters. The first kappa shape index (κ1) is 19.8. The summed E-state index contributed by atoms with van der Waals surface area (Å²) >= 11 is 0. The standard InChI is InChI=1S/C17H28N4O3/c1-14-7-5-6-8-15(14)24-12-10-21(3)17(18-2)20-13-16(22)19-9-11-23-4/h5-8H,9-13H2,1-4H3,(H,18,20)(H,19,22). The third-order valence-electron chi connectivity index (χ3n) is 3.39. The molecule has 7 nitrogen and oxygen atoms in total. The maximum absolute atomic E-state index is 11.7. The van der Waals surface area contributed by atoms with Gasteiger partial charge in [-0.2, -0.15) is 0 Å². The van der Waals surface area contributed by atoms with Gasteiger partial charge in [0.1, 0.15) is 12.4 Å². The Morgan fingerprint density at radius 1 is 1.25 bits per heavy atom. The SMILES string of the molecule is CN=C(NCC(=O)NCCOC)N(C)CCOc1ccccc1C. The summed E-state index contributed by atoms with van der Waals surface area (Å²) < 4.78 is 10.7. The Balaban J connectivity index is 2.32. The molecule has 0 aliphatic carbocycles. The maximum Gasteiger partial charge on any atom is 0.239 e. The number of hydrogen-bond donors (Lipinski definition) is 2. The summed E-state index contributed by atoms with van der Waals surface area (Å²) in [7, 11) is 5.18. The number of likely N-dealkylation sites (N-methyl/N-ethyl adjacent to an activating group) is 1. The van der Waals surface area contributed by atoms with Gasteiger partial charge in [-0.25, -0.2) is 0 Å². The summed E-state index contributed by atoms with van der Waals surface area (Å²) in [6.07, 6.45) is 0. The zero-order valence-electron chi connectivity index (χ0n) is 15.0. The van der Waals surface area contributed by atoms with E-state index in [4.69, 9.17) is 9.47 Å². The van der Waals surface area contributed by atoms with Crippen molar-refractivity contribution in [3.63, 3.8) is 0 Å². The molecule has 0 heterocycles. The Morgan fingerprint density at radius 3 is 2.67 bits per heavy atom. The highest BCUT2D eigenvalue weighted by Gasteiger charge is 2.08. The van der Waals surface area contributed by atoms with Crippen molar-refractivity contribution in [1.82, 2.24) is 15.5 Å². The van der Waals surface area contributed by atoms with Gasteiger partial charge in [-0.15, -0.1) is 0 Å². The topological polar surface area (TPSA) is 75.2 Å². The van der Waals surface area contributed by atoms with Gasteiger partial charge < -0.3 is 25.0 Å². The van der Waals surface area contributed by atoms with Crippen molar-refractivity contribution < 1.29 is 14.3 Å². The number of para-hydroxylation sites is 1. The molecule has 0 fully saturated rings. The number of nitrogens with zero attached hydrogens (tertiary/aromatic N) is 2. The molecule has 1 aromatic rings. The number of ether oxygens (including phenoxy) is 2. The molecule has 134 valence electrons. The lowest BCUT2D eigenvalue weighted by atomic mass is 10.2. The van der Waals surface area contributed by atoms with E-state index in [2.05, 4.69) is 15.6 Å². The number of benzene rings is 1. The quantitative estimate of drug-likeness (QED) is 0.393. The first-order valence-corrected chi connectivity index (χ1v) is 7.94. The number of aliphatic imine (C=N–C) groups is 1. The van der Waals surface area contributed by atoms with E-state index in [-0.39, 0.29) is 12.5 Å². The molecule has 24 heavy (non-hydrogen) atoms. The van der Waals surface area contributed by atoms with Gasteiger partial charge >= 0.3 is 0 Å². The molecule has 0 radical (unpaired) electrons. The molecule has 0 bridgehead atoms. The molecule has 1 amide bonds. The van der Waals surface area contributed by atoms with Crippen molar-refractivity contribution in [2.75, 3.05) is 54.1 Å². The zero-order chi connectivity index (χ0) is 17.8. The first-order chi connectivity index (χ1) is 11.6. The lowest BCUT2D eigenvalue weighted by Crippen LogP contribution is -2.45. The second-order valence-electron chi connectivity index (χ2n) is 5.28. The van der Waals surface area contributed by atoms with Gasteiger partial charge in [0.05, 0.1) is 19.7 Å². The van der Waals surface area contributed by atoms with Gasteiger partial charge in [0.2, 0.25) is 5.91 Å². The highest BCUT2D eigenvalue weighted by Crippen LogP contribution is 2.15. The fraction of sp³-hybridized carbons (Fsp3) is 0.529. The lowest BCUT2D eigenvalue weighted by Gasteiger charge is -2.22. The van der Waals surface area contributed by atoms with E-state index in [0.717, 1.165) is 11.3 Å². The van der Waals surface area contributed by atoms with Crippen molar-refractivity contribution >= 4 is 11.9 Å². The number of carbonyl (C=O) groups excluding carboxylic acids is 1. The highest BCUT2D eigenvalue weighted by molar-refractivity contribution is 5.86. The summed E-state index contributed by atoms with van der Waals surface area (Å²) in [6, 6.07) is 7.90. The Hall–Kier alpha value is -2.28. The first-order valence-electron chi connectivity index (χ1n) is 7.94. The minimum Gasteiger partial charge on any atom is -0.491 e. The molecular formula is C17H28N4O3. The van der Waals surface area contributed by atoms with E-state index in [1.165, 1.54) is 0 Å². The molecule has 1 aromatic carbocycles. The van der Waals surface area contributed by atoms with Crippen molar-refractivity contribution in [1.29, 1.82) is 0 Å². The molecule has 0 aliphatic heterocycles. The average molecular weight is 336 g/mol. The van der Waals surface area contributed by atoms with E-state index in [0.29, 0.717) is 32.3 Å². The Labute approximate surface area is 144 Å². The summed E-state index contributed by atoms with van der Waals surface area (Å²) in [5, 5.41) is 5.77. The lowest BCUT2D eigenvalue weighted by molar-refractivity contribution is -0.120. The van der Waals surface area contributed by atoms with Crippen LogP contribution in [-0.2, 0) is 9.53 Å². The van der Waals surface area contributed by atoms with Crippen molar-refractivity contribution in [3.05, 3.63) is 29.8 Å². The molecule has 2 N–H and O–H groups in total. The van der Waals surface area contributed by atoms with Gasteiger partial charge in [-0.3, -0.25) is 9.79 Å². The summed E-state index contributed by atoms with van der Waals surface area (Å²) in [6.45, 7) is 4.36.